The highest BCUT2D eigenvalue weighted by molar-refractivity contribution is 6.35. The Morgan fingerprint density at radius 1 is 1.05 bits per heavy atom. The lowest BCUT2D eigenvalue weighted by atomic mass is 9.94. The first-order chi connectivity index (χ1) is 18.0. The quantitative estimate of drug-likeness (QED) is 0.241. The molecule has 0 saturated carbocycles. The number of oxime groups is 2. The molecule has 7 nitrogen and oxygen atoms in total. The van der Waals surface area contributed by atoms with Gasteiger partial charge in [-0.25, -0.2) is 0 Å². The molecular formula is C27H27ClF3N5O2. The molecule has 38 heavy (non-hydrogen) atoms. The van der Waals surface area contributed by atoms with E-state index in [2.05, 4.69) is 31.3 Å². The molecule has 0 amide bonds. The summed E-state index contributed by atoms with van der Waals surface area (Å²) in [7, 11) is 0. The maximum absolute atomic E-state index is 13.1. The Balaban J connectivity index is 1.47. The number of fused-ring (bicyclic) bond motifs is 1. The van der Waals surface area contributed by atoms with Crippen LogP contribution in [0.5, 0.6) is 0 Å². The van der Waals surface area contributed by atoms with Crippen molar-refractivity contribution >= 4 is 23.0 Å². The van der Waals surface area contributed by atoms with Gasteiger partial charge in [-0.2, -0.15) is 13.2 Å². The molecular weight excluding hydrogens is 519 g/mol. The normalized spacial score (nSPS) is 15.3. The minimum Gasteiger partial charge on any atom is -0.395 e. The Morgan fingerprint density at radius 3 is 2.55 bits per heavy atom. The van der Waals surface area contributed by atoms with Crippen LogP contribution in [0.15, 0.2) is 59.1 Å². The fourth-order valence-corrected chi connectivity index (χ4v) is 4.03. The van der Waals surface area contributed by atoms with Gasteiger partial charge < -0.3 is 9.68 Å². The summed E-state index contributed by atoms with van der Waals surface area (Å²) >= 11 is 6.17. The average Bonchev–Trinajstić information content (AvgIpc) is 2.87. The zero-order valence-corrected chi connectivity index (χ0v) is 22.0. The van der Waals surface area contributed by atoms with Crippen LogP contribution < -0.4 is 0 Å². The van der Waals surface area contributed by atoms with Crippen molar-refractivity contribution < 1.29 is 22.8 Å². The van der Waals surface area contributed by atoms with E-state index in [0.29, 0.717) is 11.9 Å². The second-order valence-electron chi connectivity index (χ2n) is 9.77. The summed E-state index contributed by atoms with van der Waals surface area (Å²) in [6, 6.07) is 9.94. The largest absolute Gasteiger partial charge is 0.417 e. The van der Waals surface area contributed by atoms with E-state index < -0.39 is 17.2 Å². The number of hydrogen-bond acceptors (Lipinski definition) is 7. The van der Waals surface area contributed by atoms with Crippen molar-refractivity contribution in [3.8, 4) is 0 Å². The van der Waals surface area contributed by atoms with Gasteiger partial charge in [0.15, 0.2) is 5.71 Å². The first-order valence-electron chi connectivity index (χ1n) is 12.0. The van der Waals surface area contributed by atoms with E-state index in [1.165, 1.54) is 11.8 Å². The number of aromatic nitrogens is 3. The summed E-state index contributed by atoms with van der Waals surface area (Å²) in [5.41, 5.74) is 2.83. The maximum Gasteiger partial charge on any atom is 0.417 e. The zero-order chi connectivity index (χ0) is 27.3. The molecule has 200 valence electrons. The topological polar surface area (TPSA) is 81.9 Å². The first-order valence-corrected chi connectivity index (χ1v) is 12.4. The molecule has 1 aliphatic rings. The Hall–Kier alpha value is -3.53. The smallest absolute Gasteiger partial charge is 0.395 e. The molecule has 3 aromatic heterocycles. The van der Waals surface area contributed by atoms with Gasteiger partial charge in [0.05, 0.1) is 22.0 Å². The average molecular weight is 546 g/mol. The summed E-state index contributed by atoms with van der Waals surface area (Å²) in [5, 5.41) is 8.31. The third-order valence-electron chi connectivity index (χ3n) is 5.79. The number of aryl methyl sites for hydroxylation is 2. The summed E-state index contributed by atoms with van der Waals surface area (Å²) in [4.78, 5) is 24.1. The Labute approximate surface area is 223 Å². The molecule has 3 heterocycles. The molecule has 0 aromatic carbocycles. The van der Waals surface area contributed by atoms with E-state index in [0.717, 1.165) is 42.4 Å². The molecule has 0 aliphatic heterocycles. The Kier molecular flexibility index (Phi) is 8.30. The molecule has 0 fully saturated rings. The standard InChI is InChI=1S/C27H27ClF3N5O2/c1-17-10-11-18-7-6-9-22(23(18)34-17)35-37-15-26(2,3)16-38-36-25(21-8-4-5-12-32-21)24-20(28)13-19(14-33-24)27(29,30)31/h4-5,8,10-14H,6-7,9,15-16H2,1-3H3/b35-22+,36-25-. The summed E-state index contributed by atoms with van der Waals surface area (Å²) in [6.07, 6.45) is 0.401. The van der Waals surface area contributed by atoms with Crippen LogP contribution in [0.25, 0.3) is 0 Å². The highest BCUT2D eigenvalue weighted by atomic mass is 35.5. The third kappa shape index (κ3) is 6.86. The van der Waals surface area contributed by atoms with Crippen molar-refractivity contribution in [2.75, 3.05) is 13.2 Å². The second-order valence-corrected chi connectivity index (χ2v) is 10.2. The van der Waals surface area contributed by atoms with Crippen LogP contribution in [0.3, 0.4) is 0 Å². The minimum absolute atomic E-state index is 0.0255. The van der Waals surface area contributed by atoms with Gasteiger partial charge in [-0.15, -0.1) is 0 Å². The van der Waals surface area contributed by atoms with E-state index in [9.17, 15) is 13.2 Å². The zero-order valence-electron chi connectivity index (χ0n) is 21.2. The van der Waals surface area contributed by atoms with E-state index >= 15 is 0 Å². The molecule has 4 rings (SSSR count). The molecule has 0 saturated heterocycles. The second kappa shape index (κ2) is 11.5. The van der Waals surface area contributed by atoms with E-state index in [1.54, 1.807) is 18.2 Å². The van der Waals surface area contributed by atoms with Gasteiger partial charge in [0.25, 0.3) is 0 Å². The molecule has 0 bridgehead atoms. The van der Waals surface area contributed by atoms with Crippen LogP contribution in [0.1, 0.15) is 60.6 Å². The highest BCUT2D eigenvalue weighted by Crippen LogP contribution is 2.31. The fourth-order valence-electron chi connectivity index (χ4n) is 3.77. The monoisotopic (exact) mass is 545 g/mol. The van der Waals surface area contributed by atoms with Crippen molar-refractivity contribution in [2.24, 2.45) is 15.7 Å². The molecule has 1 aliphatic carbocycles. The van der Waals surface area contributed by atoms with Crippen molar-refractivity contribution in [1.29, 1.82) is 0 Å². The van der Waals surface area contributed by atoms with Crippen molar-refractivity contribution in [2.45, 2.75) is 46.2 Å². The summed E-state index contributed by atoms with van der Waals surface area (Å²) < 4.78 is 39.2. The number of rotatable bonds is 8. The molecule has 0 unspecified atom stereocenters. The van der Waals surface area contributed by atoms with Crippen molar-refractivity contribution in [3.05, 3.63) is 87.7 Å². The van der Waals surface area contributed by atoms with Crippen LogP contribution in [-0.4, -0.2) is 39.6 Å². The molecule has 0 radical (unpaired) electrons. The number of halogens is 4. The minimum atomic E-state index is -4.57. The molecule has 3 aromatic rings. The van der Waals surface area contributed by atoms with E-state index in [-0.39, 0.29) is 29.6 Å². The summed E-state index contributed by atoms with van der Waals surface area (Å²) in [6.45, 7) is 6.15. The van der Waals surface area contributed by atoms with Gasteiger partial charge in [0.1, 0.15) is 24.6 Å². The number of hydrogen-bond donors (Lipinski definition) is 0. The summed E-state index contributed by atoms with van der Waals surface area (Å²) in [5.74, 6) is 0. The van der Waals surface area contributed by atoms with Gasteiger partial charge in [-0.1, -0.05) is 47.9 Å². The molecule has 0 N–H and O–H groups in total. The lowest BCUT2D eigenvalue weighted by Gasteiger charge is -2.22. The van der Waals surface area contributed by atoms with Crippen LogP contribution in [-0.2, 0) is 22.3 Å². The Bertz CT molecular complexity index is 1340. The van der Waals surface area contributed by atoms with Crippen LogP contribution in [0.4, 0.5) is 13.2 Å². The molecule has 0 spiro atoms. The third-order valence-corrected chi connectivity index (χ3v) is 6.08. The van der Waals surface area contributed by atoms with Gasteiger partial charge in [-0.05, 0) is 56.0 Å². The maximum atomic E-state index is 13.1. The number of alkyl halides is 3. The van der Waals surface area contributed by atoms with E-state index in [1.807, 2.05) is 26.8 Å². The van der Waals surface area contributed by atoms with Crippen LogP contribution in [0.2, 0.25) is 5.02 Å². The van der Waals surface area contributed by atoms with Crippen molar-refractivity contribution in [1.82, 2.24) is 15.0 Å². The van der Waals surface area contributed by atoms with E-state index in [4.69, 9.17) is 21.3 Å². The van der Waals surface area contributed by atoms with Gasteiger partial charge in [0.2, 0.25) is 0 Å². The van der Waals surface area contributed by atoms with Crippen LogP contribution >= 0.6 is 11.6 Å². The van der Waals surface area contributed by atoms with Gasteiger partial charge in [-0.3, -0.25) is 15.0 Å². The van der Waals surface area contributed by atoms with Crippen LogP contribution in [0, 0.1) is 12.3 Å². The predicted molar refractivity (Wildman–Crippen MR) is 138 cm³/mol. The SMILES string of the molecule is Cc1ccc2c(n1)/C(=N/OCC(C)(C)CO/N=C(/c1ccccn1)c1ncc(C(F)(F)F)cc1Cl)CCC2. The lowest BCUT2D eigenvalue weighted by Crippen LogP contribution is -2.25. The number of pyridine rings is 3. The Morgan fingerprint density at radius 2 is 1.84 bits per heavy atom. The van der Waals surface area contributed by atoms with Crippen molar-refractivity contribution in [3.63, 3.8) is 0 Å². The number of nitrogens with zero attached hydrogens (tertiary/aromatic N) is 5. The molecule has 11 heteroatoms. The first kappa shape index (κ1) is 27.5. The predicted octanol–water partition coefficient (Wildman–Crippen LogP) is 6.40. The van der Waals surface area contributed by atoms with Gasteiger partial charge >= 0.3 is 6.18 Å². The lowest BCUT2D eigenvalue weighted by molar-refractivity contribution is -0.137. The fraction of sp³-hybridized carbons (Fsp3) is 0.370. The highest BCUT2D eigenvalue weighted by Gasteiger charge is 2.32. The molecule has 0 atom stereocenters. The van der Waals surface area contributed by atoms with Gasteiger partial charge in [0, 0.05) is 23.5 Å².